The Bertz CT molecular complexity index is 997. The van der Waals surface area contributed by atoms with Crippen LogP contribution in [-0.2, 0) is 12.0 Å². The summed E-state index contributed by atoms with van der Waals surface area (Å²) in [6.07, 6.45) is 1.29. The van der Waals surface area contributed by atoms with Crippen molar-refractivity contribution in [3.05, 3.63) is 90.1 Å². The van der Waals surface area contributed by atoms with Crippen LogP contribution in [0.2, 0.25) is 0 Å². The van der Waals surface area contributed by atoms with Crippen molar-refractivity contribution in [2.45, 2.75) is 38.0 Å². The molecule has 2 radical (unpaired) electrons. The van der Waals surface area contributed by atoms with Crippen LogP contribution >= 0.6 is 0 Å². The fourth-order valence-corrected chi connectivity index (χ4v) is 3.64. The molecule has 0 bridgehead atoms. The third kappa shape index (κ3) is 6.04. The number of benzene rings is 2. The van der Waals surface area contributed by atoms with Crippen LogP contribution in [0, 0.1) is 0 Å². The summed E-state index contributed by atoms with van der Waals surface area (Å²) in [6, 6.07) is 22.9. The van der Waals surface area contributed by atoms with Gasteiger partial charge in [-0.15, -0.1) is 0 Å². The second kappa shape index (κ2) is 10.5. The first-order chi connectivity index (χ1) is 15.3. The van der Waals surface area contributed by atoms with E-state index in [1.165, 1.54) is 0 Å². The van der Waals surface area contributed by atoms with Crippen LogP contribution in [0.5, 0.6) is 0 Å². The molecule has 4 N–H and O–H groups in total. The number of nitrogens with one attached hydrogen (secondary N) is 1. The van der Waals surface area contributed by atoms with Crippen LogP contribution < -0.4 is 11.2 Å². The second-order valence-corrected chi connectivity index (χ2v) is 8.38. The number of hydrazine groups is 1. The standard InChI is InChI=1S/C25H29BN4O2/c1-25(2,20-13-11-19(12-14-20)21-10-6-7-15-28-21)30(27)17-23(31)22(29-24(26)32)16-18-8-4-3-5-9-18/h3-15,22-23,31H,16-17,27H2,1-2H3,(H,29,32)/t22-,23-/m0/s1. The van der Waals surface area contributed by atoms with Crippen molar-refractivity contribution in [3.63, 3.8) is 0 Å². The number of hydrogen-bond acceptors (Lipinski definition) is 5. The number of pyridine rings is 1. The molecule has 0 saturated heterocycles. The molecular formula is C25H29BN4O2. The summed E-state index contributed by atoms with van der Waals surface area (Å²) in [4.78, 5) is 15.9. The Labute approximate surface area is 190 Å². The number of carbonyl (C=O) groups is 1. The molecule has 0 spiro atoms. The number of rotatable bonds is 9. The van der Waals surface area contributed by atoms with Crippen LogP contribution in [0.4, 0.5) is 4.79 Å². The lowest BCUT2D eigenvalue weighted by Crippen LogP contribution is -2.55. The topological polar surface area (TPSA) is 91.5 Å². The van der Waals surface area contributed by atoms with E-state index in [9.17, 15) is 9.90 Å². The molecule has 0 aliphatic carbocycles. The van der Waals surface area contributed by atoms with E-state index in [1.807, 2.05) is 86.6 Å². The molecule has 0 aliphatic rings. The second-order valence-electron chi connectivity index (χ2n) is 8.38. The molecule has 3 aromatic rings. The van der Waals surface area contributed by atoms with Crippen molar-refractivity contribution in [1.82, 2.24) is 15.3 Å². The molecule has 2 atom stereocenters. The van der Waals surface area contributed by atoms with Crippen LogP contribution in [0.1, 0.15) is 25.0 Å². The van der Waals surface area contributed by atoms with E-state index in [2.05, 4.69) is 10.3 Å². The molecule has 32 heavy (non-hydrogen) atoms. The molecule has 2 aromatic carbocycles. The van der Waals surface area contributed by atoms with E-state index >= 15 is 0 Å². The number of carbonyl (C=O) groups excluding carboxylic acids is 1. The van der Waals surface area contributed by atoms with Crippen molar-refractivity contribution in [2.24, 2.45) is 5.84 Å². The van der Waals surface area contributed by atoms with Gasteiger partial charge in [0.2, 0.25) is 7.85 Å². The zero-order valence-electron chi connectivity index (χ0n) is 18.5. The first-order valence-corrected chi connectivity index (χ1v) is 10.6. The molecule has 1 aromatic heterocycles. The predicted octanol–water partition coefficient (Wildman–Crippen LogP) is 3.01. The third-order valence-electron chi connectivity index (χ3n) is 5.74. The summed E-state index contributed by atoms with van der Waals surface area (Å²) < 4.78 is 0. The fourth-order valence-electron chi connectivity index (χ4n) is 3.64. The minimum atomic E-state index is -0.917. The number of aliphatic hydroxyl groups excluding tert-OH is 1. The molecule has 0 unspecified atom stereocenters. The van der Waals surface area contributed by atoms with Gasteiger partial charge in [-0.3, -0.25) is 15.6 Å². The van der Waals surface area contributed by atoms with Gasteiger partial charge in [0.1, 0.15) is 0 Å². The van der Waals surface area contributed by atoms with Crippen LogP contribution in [-0.4, -0.2) is 47.4 Å². The van der Waals surface area contributed by atoms with Gasteiger partial charge in [0.05, 0.1) is 23.4 Å². The summed E-state index contributed by atoms with van der Waals surface area (Å²) in [6.45, 7) is 4.12. The van der Waals surface area contributed by atoms with E-state index in [0.29, 0.717) is 6.42 Å². The SMILES string of the molecule is [B]C(=O)N[C@@H](Cc1ccccc1)[C@@H](O)CN(N)C(C)(C)c1ccc(-c2ccccn2)cc1. The van der Waals surface area contributed by atoms with Gasteiger partial charge in [0, 0.05) is 18.3 Å². The minimum absolute atomic E-state index is 0.146. The van der Waals surface area contributed by atoms with Gasteiger partial charge in [-0.25, -0.2) is 5.01 Å². The normalized spacial score (nSPS) is 13.5. The molecule has 0 fully saturated rings. The minimum Gasteiger partial charge on any atom is -0.390 e. The number of amides is 1. The number of nitrogens with zero attached hydrogens (tertiary/aromatic N) is 2. The van der Waals surface area contributed by atoms with Gasteiger partial charge < -0.3 is 10.4 Å². The zero-order valence-corrected chi connectivity index (χ0v) is 18.5. The average Bonchev–Trinajstić information content (AvgIpc) is 2.79. The van der Waals surface area contributed by atoms with Crippen molar-refractivity contribution in [3.8, 4) is 11.3 Å². The molecule has 0 aliphatic heterocycles. The zero-order chi connectivity index (χ0) is 23.1. The van der Waals surface area contributed by atoms with Crippen molar-refractivity contribution in [2.75, 3.05) is 6.54 Å². The largest absolute Gasteiger partial charge is 0.390 e. The highest BCUT2D eigenvalue weighted by Gasteiger charge is 2.31. The van der Waals surface area contributed by atoms with Gasteiger partial charge in [-0.05, 0) is 43.5 Å². The third-order valence-corrected chi connectivity index (χ3v) is 5.74. The van der Waals surface area contributed by atoms with Gasteiger partial charge in [-0.2, -0.15) is 0 Å². The first kappa shape index (κ1) is 23.7. The number of aromatic nitrogens is 1. The molecule has 164 valence electrons. The van der Waals surface area contributed by atoms with E-state index in [1.54, 1.807) is 11.2 Å². The Morgan fingerprint density at radius 2 is 1.75 bits per heavy atom. The molecular weight excluding hydrogens is 399 g/mol. The number of hydrogen-bond donors (Lipinski definition) is 3. The predicted molar refractivity (Wildman–Crippen MR) is 128 cm³/mol. The van der Waals surface area contributed by atoms with Crippen LogP contribution in [0.3, 0.4) is 0 Å². The van der Waals surface area contributed by atoms with Gasteiger partial charge in [0.25, 0.3) is 0 Å². The number of nitrogens with two attached hydrogens (primary N) is 1. The summed E-state index contributed by atoms with van der Waals surface area (Å²) in [5.74, 6) is 5.73. The Morgan fingerprint density at radius 3 is 2.34 bits per heavy atom. The lowest BCUT2D eigenvalue weighted by atomic mass is 9.91. The van der Waals surface area contributed by atoms with E-state index in [-0.39, 0.29) is 6.54 Å². The van der Waals surface area contributed by atoms with Crippen LogP contribution in [0.15, 0.2) is 79.0 Å². The van der Waals surface area contributed by atoms with Crippen molar-refractivity contribution in [1.29, 1.82) is 0 Å². The Kier molecular flexibility index (Phi) is 7.80. The summed E-state index contributed by atoms with van der Waals surface area (Å²) in [5.41, 5.74) is 3.33. The molecule has 3 rings (SSSR count). The highest BCUT2D eigenvalue weighted by Crippen LogP contribution is 2.28. The Balaban J connectivity index is 1.71. The maximum Gasteiger partial charge on any atom is 0.200 e. The van der Waals surface area contributed by atoms with Gasteiger partial charge in [-0.1, -0.05) is 60.7 Å². The van der Waals surface area contributed by atoms with Crippen LogP contribution in [0.25, 0.3) is 11.3 Å². The van der Waals surface area contributed by atoms with E-state index in [4.69, 9.17) is 13.7 Å². The summed E-state index contributed by atoms with van der Waals surface area (Å²) >= 11 is 0. The van der Waals surface area contributed by atoms with E-state index < -0.39 is 23.5 Å². The van der Waals surface area contributed by atoms with Gasteiger partial charge in [0.15, 0.2) is 5.81 Å². The Morgan fingerprint density at radius 1 is 1.09 bits per heavy atom. The molecule has 0 saturated carbocycles. The molecule has 1 amide bonds. The maximum atomic E-state index is 11.5. The quantitative estimate of drug-likeness (QED) is 0.277. The highest BCUT2D eigenvalue weighted by molar-refractivity contribution is 6.57. The summed E-state index contributed by atoms with van der Waals surface area (Å²) in [7, 11) is 5.34. The molecule has 7 heteroatoms. The average molecular weight is 428 g/mol. The lowest BCUT2D eigenvalue weighted by Gasteiger charge is -2.38. The maximum absolute atomic E-state index is 11.5. The fraction of sp³-hybridized carbons (Fsp3) is 0.280. The smallest absolute Gasteiger partial charge is 0.200 e. The first-order valence-electron chi connectivity index (χ1n) is 10.6. The lowest BCUT2D eigenvalue weighted by molar-refractivity contribution is 0.0321. The van der Waals surface area contributed by atoms with E-state index in [0.717, 1.165) is 22.4 Å². The molecule has 1 heterocycles. The van der Waals surface area contributed by atoms with Crippen molar-refractivity contribution >= 4 is 13.7 Å². The molecule has 6 nitrogen and oxygen atoms in total. The highest BCUT2D eigenvalue weighted by atomic mass is 16.3. The monoisotopic (exact) mass is 428 g/mol. The number of aliphatic hydroxyl groups is 1. The Hall–Kier alpha value is -3.00. The van der Waals surface area contributed by atoms with Crippen molar-refractivity contribution < 1.29 is 9.90 Å². The van der Waals surface area contributed by atoms with Gasteiger partial charge >= 0.3 is 0 Å². The summed E-state index contributed by atoms with van der Waals surface area (Å²) in [5, 5.41) is 15.1.